The highest BCUT2D eigenvalue weighted by atomic mass is 16.5. The smallest absolute Gasteiger partial charge is 0.338 e. The molecule has 0 heterocycles. The Labute approximate surface area is 145 Å². The highest BCUT2D eigenvalue weighted by molar-refractivity contribution is 6.01. The first-order valence-corrected chi connectivity index (χ1v) is 7.54. The largest absolute Gasteiger partial charge is 0.497 e. The van der Waals surface area contributed by atoms with E-state index >= 15 is 0 Å². The van der Waals surface area contributed by atoms with Gasteiger partial charge in [0.2, 0.25) is 5.78 Å². The molecule has 0 saturated carbocycles. The molecular weight excluding hydrogens is 324 g/mol. The van der Waals surface area contributed by atoms with Gasteiger partial charge in [-0.1, -0.05) is 0 Å². The van der Waals surface area contributed by atoms with Crippen molar-refractivity contribution in [1.29, 1.82) is 0 Å². The Balaban J connectivity index is 2.03. The monoisotopic (exact) mass is 342 g/mol. The maximum absolute atomic E-state index is 12.3. The molecule has 0 unspecified atom stereocenters. The van der Waals surface area contributed by atoms with Gasteiger partial charge in [-0.3, -0.25) is 4.79 Å². The summed E-state index contributed by atoms with van der Waals surface area (Å²) in [5.41, 5.74) is 0.977. The Morgan fingerprint density at radius 2 is 1.24 bits per heavy atom. The van der Waals surface area contributed by atoms with E-state index in [1.165, 1.54) is 45.4 Å². The Morgan fingerprint density at radius 3 is 1.72 bits per heavy atom. The fourth-order valence-corrected chi connectivity index (χ4v) is 2.13. The van der Waals surface area contributed by atoms with Gasteiger partial charge in [-0.05, 0) is 55.5 Å². The minimum atomic E-state index is -0.943. The summed E-state index contributed by atoms with van der Waals surface area (Å²) < 4.78 is 14.8. The molecule has 0 aliphatic heterocycles. The van der Waals surface area contributed by atoms with E-state index in [1.807, 2.05) is 0 Å². The molecule has 1 atom stereocenters. The SMILES string of the molecule is COC(=O)c1ccc(C(=O)O[C@@H](C)C(=O)c2ccc(OC)cc2)cc1. The van der Waals surface area contributed by atoms with E-state index in [2.05, 4.69) is 4.74 Å². The van der Waals surface area contributed by atoms with E-state index in [9.17, 15) is 14.4 Å². The second-order valence-corrected chi connectivity index (χ2v) is 5.21. The standard InChI is InChI=1S/C19H18O6/c1-12(17(20)13-8-10-16(23-2)11-9-13)25-19(22)15-6-4-14(5-7-15)18(21)24-3/h4-12H,1-3H3/t12-/m0/s1. The summed E-state index contributed by atoms with van der Waals surface area (Å²) in [6, 6.07) is 12.3. The molecule has 0 spiro atoms. The highest BCUT2D eigenvalue weighted by Gasteiger charge is 2.20. The van der Waals surface area contributed by atoms with E-state index in [0.717, 1.165) is 0 Å². The van der Waals surface area contributed by atoms with Crippen LogP contribution >= 0.6 is 0 Å². The van der Waals surface area contributed by atoms with Crippen LogP contribution in [0.3, 0.4) is 0 Å². The van der Waals surface area contributed by atoms with Crippen molar-refractivity contribution in [3.8, 4) is 5.75 Å². The molecule has 2 rings (SSSR count). The Bertz CT molecular complexity index is 762. The van der Waals surface area contributed by atoms with Crippen molar-refractivity contribution < 1.29 is 28.6 Å². The van der Waals surface area contributed by atoms with Crippen LogP contribution in [0.15, 0.2) is 48.5 Å². The number of hydrogen-bond acceptors (Lipinski definition) is 6. The van der Waals surface area contributed by atoms with Gasteiger partial charge in [0.05, 0.1) is 25.3 Å². The van der Waals surface area contributed by atoms with E-state index in [0.29, 0.717) is 16.9 Å². The molecule has 0 aromatic heterocycles. The number of benzene rings is 2. The second kappa shape index (κ2) is 8.10. The first kappa shape index (κ1) is 18.2. The van der Waals surface area contributed by atoms with Crippen molar-refractivity contribution in [2.24, 2.45) is 0 Å². The lowest BCUT2D eigenvalue weighted by Crippen LogP contribution is -2.24. The van der Waals surface area contributed by atoms with Gasteiger partial charge in [-0.25, -0.2) is 9.59 Å². The highest BCUT2D eigenvalue weighted by Crippen LogP contribution is 2.15. The summed E-state index contributed by atoms with van der Waals surface area (Å²) in [5.74, 6) is -0.831. The number of carbonyl (C=O) groups is 3. The van der Waals surface area contributed by atoms with Crippen molar-refractivity contribution >= 4 is 17.7 Å². The Hall–Kier alpha value is -3.15. The van der Waals surface area contributed by atoms with Gasteiger partial charge < -0.3 is 14.2 Å². The number of hydrogen-bond donors (Lipinski definition) is 0. The summed E-state index contributed by atoms with van der Waals surface area (Å²) in [6.07, 6.45) is -0.943. The summed E-state index contributed by atoms with van der Waals surface area (Å²) in [5, 5.41) is 0. The van der Waals surface area contributed by atoms with Crippen LogP contribution in [-0.2, 0) is 9.47 Å². The van der Waals surface area contributed by atoms with Crippen LogP contribution in [0.25, 0.3) is 0 Å². The molecule has 0 amide bonds. The number of ketones is 1. The van der Waals surface area contributed by atoms with Crippen LogP contribution < -0.4 is 4.74 Å². The lowest BCUT2D eigenvalue weighted by atomic mass is 10.1. The van der Waals surface area contributed by atoms with Gasteiger partial charge in [0, 0.05) is 5.56 Å². The minimum Gasteiger partial charge on any atom is -0.497 e. The third-order valence-electron chi connectivity index (χ3n) is 3.57. The molecule has 0 bridgehead atoms. The number of Topliss-reactive ketones (excluding diaryl/α,β-unsaturated/α-hetero) is 1. The number of carbonyl (C=O) groups excluding carboxylic acids is 3. The molecule has 6 heteroatoms. The van der Waals surface area contributed by atoms with Crippen molar-refractivity contribution in [2.45, 2.75) is 13.0 Å². The molecule has 0 fully saturated rings. The van der Waals surface area contributed by atoms with Crippen molar-refractivity contribution in [1.82, 2.24) is 0 Å². The van der Waals surface area contributed by atoms with Crippen LogP contribution in [0.4, 0.5) is 0 Å². The second-order valence-electron chi connectivity index (χ2n) is 5.21. The summed E-state index contributed by atoms with van der Waals surface area (Å²) >= 11 is 0. The molecule has 25 heavy (non-hydrogen) atoms. The van der Waals surface area contributed by atoms with Gasteiger partial charge in [-0.2, -0.15) is 0 Å². The zero-order chi connectivity index (χ0) is 18.4. The Kier molecular flexibility index (Phi) is 5.89. The van der Waals surface area contributed by atoms with Gasteiger partial charge in [-0.15, -0.1) is 0 Å². The van der Waals surface area contributed by atoms with Gasteiger partial charge in [0.1, 0.15) is 5.75 Å². The molecule has 2 aromatic rings. The molecular formula is C19H18O6. The number of esters is 2. The number of methoxy groups -OCH3 is 2. The predicted molar refractivity (Wildman–Crippen MR) is 90.0 cm³/mol. The first-order valence-electron chi connectivity index (χ1n) is 7.54. The van der Waals surface area contributed by atoms with Gasteiger partial charge >= 0.3 is 11.9 Å². The zero-order valence-corrected chi connectivity index (χ0v) is 14.1. The van der Waals surface area contributed by atoms with Crippen molar-refractivity contribution in [3.05, 3.63) is 65.2 Å². The van der Waals surface area contributed by atoms with Crippen LogP contribution in [0, 0.1) is 0 Å². The quantitative estimate of drug-likeness (QED) is 0.593. The fraction of sp³-hybridized carbons (Fsp3) is 0.211. The lowest BCUT2D eigenvalue weighted by Gasteiger charge is -2.13. The first-order chi connectivity index (χ1) is 12.0. The molecule has 2 aromatic carbocycles. The molecule has 0 N–H and O–H groups in total. The van der Waals surface area contributed by atoms with E-state index in [1.54, 1.807) is 24.3 Å². The van der Waals surface area contributed by atoms with Crippen LogP contribution in [-0.4, -0.2) is 38.0 Å². The molecule has 0 aliphatic rings. The van der Waals surface area contributed by atoms with Gasteiger partial charge in [0.25, 0.3) is 0 Å². The minimum absolute atomic E-state index is 0.238. The van der Waals surface area contributed by atoms with Crippen LogP contribution in [0.5, 0.6) is 5.75 Å². The van der Waals surface area contributed by atoms with E-state index < -0.39 is 18.0 Å². The number of rotatable bonds is 6. The summed E-state index contributed by atoms with van der Waals surface area (Å²) in [6.45, 7) is 1.51. The lowest BCUT2D eigenvalue weighted by molar-refractivity contribution is 0.0318. The third-order valence-corrected chi connectivity index (χ3v) is 3.57. The van der Waals surface area contributed by atoms with Crippen LogP contribution in [0.1, 0.15) is 38.0 Å². The zero-order valence-electron chi connectivity index (χ0n) is 14.1. The van der Waals surface area contributed by atoms with Crippen molar-refractivity contribution in [2.75, 3.05) is 14.2 Å². The third kappa shape index (κ3) is 4.44. The summed E-state index contributed by atoms with van der Waals surface area (Å²) in [7, 11) is 2.81. The van der Waals surface area contributed by atoms with E-state index in [-0.39, 0.29) is 11.3 Å². The molecule has 6 nitrogen and oxygen atoms in total. The molecule has 0 radical (unpaired) electrons. The van der Waals surface area contributed by atoms with Crippen LogP contribution in [0.2, 0.25) is 0 Å². The normalized spacial score (nSPS) is 11.3. The average molecular weight is 342 g/mol. The topological polar surface area (TPSA) is 78.9 Å². The fourth-order valence-electron chi connectivity index (χ4n) is 2.13. The maximum Gasteiger partial charge on any atom is 0.338 e. The average Bonchev–Trinajstić information content (AvgIpc) is 2.66. The molecule has 0 aliphatic carbocycles. The number of ether oxygens (including phenoxy) is 3. The van der Waals surface area contributed by atoms with E-state index in [4.69, 9.17) is 9.47 Å². The van der Waals surface area contributed by atoms with Gasteiger partial charge in [0.15, 0.2) is 6.10 Å². The molecule has 130 valence electrons. The maximum atomic E-state index is 12.3. The summed E-state index contributed by atoms with van der Waals surface area (Å²) in [4.78, 5) is 35.8. The Morgan fingerprint density at radius 1 is 0.760 bits per heavy atom. The molecule has 0 saturated heterocycles. The predicted octanol–water partition coefficient (Wildman–Crippen LogP) is 2.91. The van der Waals surface area contributed by atoms with Crippen molar-refractivity contribution in [3.63, 3.8) is 0 Å².